The van der Waals surface area contributed by atoms with E-state index in [1.807, 2.05) is 12.1 Å². The third-order valence-electron chi connectivity index (χ3n) is 3.89. The molecule has 1 saturated heterocycles. The quantitative estimate of drug-likeness (QED) is 0.889. The topological polar surface area (TPSA) is 40.5 Å². The molecule has 0 aliphatic carbocycles. The molecule has 3 heteroatoms. The summed E-state index contributed by atoms with van der Waals surface area (Å²) in [7, 11) is 0. The minimum atomic E-state index is -0.829. The number of likely N-dealkylation sites (tertiary alicyclic amines) is 1. The van der Waals surface area contributed by atoms with E-state index in [2.05, 4.69) is 18.7 Å². The number of carboxylic acids is 1. The monoisotopic (exact) mass is 247 g/mol. The lowest BCUT2D eigenvalue weighted by Gasteiger charge is -2.18. The predicted molar refractivity (Wildman–Crippen MR) is 71.6 cm³/mol. The van der Waals surface area contributed by atoms with Gasteiger partial charge in [0.1, 0.15) is 0 Å². The van der Waals surface area contributed by atoms with Gasteiger partial charge in [-0.15, -0.1) is 0 Å². The zero-order valence-electron chi connectivity index (χ0n) is 11.1. The van der Waals surface area contributed by atoms with Crippen molar-refractivity contribution in [1.82, 2.24) is 4.90 Å². The molecule has 1 aromatic carbocycles. The van der Waals surface area contributed by atoms with Gasteiger partial charge in [-0.1, -0.05) is 32.0 Å². The number of aromatic carboxylic acids is 1. The van der Waals surface area contributed by atoms with Gasteiger partial charge in [0.2, 0.25) is 0 Å². The molecule has 2 rings (SSSR count). The van der Waals surface area contributed by atoms with Crippen LogP contribution in [0, 0.1) is 11.8 Å². The second kappa shape index (κ2) is 5.53. The van der Waals surface area contributed by atoms with E-state index in [-0.39, 0.29) is 0 Å². The Hall–Kier alpha value is -1.35. The largest absolute Gasteiger partial charge is 0.478 e. The van der Waals surface area contributed by atoms with Crippen molar-refractivity contribution in [1.29, 1.82) is 0 Å². The van der Waals surface area contributed by atoms with E-state index in [9.17, 15) is 4.79 Å². The average molecular weight is 247 g/mol. The van der Waals surface area contributed by atoms with Crippen LogP contribution in [0.25, 0.3) is 0 Å². The van der Waals surface area contributed by atoms with Gasteiger partial charge in [-0.05, 0) is 36.4 Å². The molecule has 0 saturated carbocycles. The lowest BCUT2D eigenvalue weighted by molar-refractivity contribution is 0.0694. The van der Waals surface area contributed by atoms with Gasteiger partial charge in [0.25, 0.3) is 0 Å². The smallest absolute Gasteiger partial charge is 0.336 e. The van der Waals surface area contributed by atoms with Crippen LogP contribution in [0.2, 0.25) is 0 Å². The maximum atomic E-state index is 11.1. The fourth-order valence-corrected chi connectivity index (χ4v) is 2.66. The third-order valence-corrected chi connectivity index (χ3v) is 3.89. The van der Waals surface area contributed by atoms with Crippen molar-refractivity contribution >= 4 is 5.97 Å². The molecule has 0 aromatic heterocycles. The lowest BCUT2D eigenvalue weighted by atomic mass is 9.95. The Morgan fingerprint density at radius 3 is 2.78 bits per heavy atom. The second-order valence-corrected chi connectivity index (χ2v) is 5.49. The first-order valence-corrected chi connectivity index (χ1v) is 6.61. The van der Waals surface area contributed by atoms with Crippen molar-refractivity contribution in [3.63, 3.8) is 0 Å². The molecule has 0 radical (unpaired) electrons. The van der Waals surface area contributed by atoms with Gasteiger partial charge < -0.3 is 5.11 Å². The second-order valence-electron chi connectivity index (χ2n) is 5.49. The number of rotatable bonds is 4. The summed E-state index contributed by atoms with van der Waals surface area (Å²) < 4.78 is 0. The molecule has 1 N–H and O–H groups in total. The van der Waals surface area contributed by atoms with Crippen LogP contribution in [0.15, 0.2) is 24.3 Å². The molecule has 1 aliphatic rings. The summed E-state index contributed by atoms with van der Waals surface area (Å²) in [6.45, 7) is 7.45. The van der Waals surface area contributed by atoms with Gasteiger partial charge in [-0.25, -0.2) is 4.79 Å². The molecule has 0 amide bonds. The SMILES string of the molecule is CC(C)C1CCN(Cc2ccccc2C(=O)O)C1. The van der Waals surface area contributed by atoms with Crippen molar-refractivity contribution in [2.75, 3.05) is 13.1 Å². The van der Waals surface area contributed by atoms with Gasteiger partial charge in [0.05, 0.1) is 5.56 Å². The Morgan fingerprint density at radius 1 is 1.44 bits per heavy atom. The Labute approximate surface area is 108 Å². The first-order valence-electron chi connectivity index (χ1n) is 6.61. The number of carboxylic acid groups (broad SMARTS) is 1. The van der Waals surface area contributed by atoms with Crippen LogP contribution in [-0.4, -0.2) is 29.1 Å². The fraction of sp³-hybridized carbons (Fsp3) is 0.533. The maximum absolute atomic E-state index is 11.1. The van der Waals surface area contributed by atoms with Crippen molar-refractivity contribution in [3.05, 3.63) is 35.4 Å². The van der Waals surface area contributed by atoms with E-state index < -0.39 is 5.97 Å². The Kier molecular flexibility index (Phi) is 4.02. The van der Waals surface area contributed by atoms with E-state index in [1.165, 1.54) is 6.42 Å². The molecular formula is C15H21NO2. The summed E-state index contributed by atoms with van der Waals surface area (Å²) in [5, 5.41) is 9.16. The van der Waals surface area contributed by atoms with Crippen molar-refractivity contribution in [3.8, 4) is 0 Å². The highest BCUT2D eigenvalue weighted by Crippen LogP contribution is 2.25. The van der Waals surface area contributed by atoms with Crippen LogP contribution < -0.4 is 0 Å². The van der Waals surface area contributed by atoms with E-state index in [4.69, 9.17) is 5.11 Å². The normalized spacial score (nSPS) is 20.5. The summed E-state index contributed by atoms with van der Waals surface area (Å²) in [6.07, 6.45) is 1.23. The van der Waals surface area contributed by atoms with Crippen LogP contribution in [0.1, 0.15) is 36.2 Å². The van der Waals surface area contributed by atoms with Crippen LogP contribution in [0.5, 0.6) is 0 Å². The highest BCUT2D eigenvalue weighted by atomic mass is 16.4. The number of carbonyl (C=O) groups is 1. The minimum absolute atomic E-state index is 0.436. The molecule has 1 atom stereocenters. The maximum Gasteiger partial charge on any atom is 0.336 e. The van der Waals surface area contributed by atoms with Gasteiger partial charge in [0.15, 0.2) is 0 Å². The van der Waals surface area contributed by atoms with Crippen molar-refractivity contribution < 1.29 is 9.90 Å². The summed E-state index contributed by atoms with van der Waals surface area (Å²) >= 11 is 0. The van der Waals surface area contributed by atoms with Crippen LogP contribution >= 0.6 is 0 Å². The van der Waals surface area contributed by atoms with Crippen LogP contribution in [0.4, 0.5) is 0 Å². The predicted octanol–water partition coefficient (Wildman–Crippen LogP) is 2.86. The third kappa shape index (κ3) is 2.91. The Morgan fingerprint density at radius 2 is 2.17 bits per heavy atom. The molecule has 1 aromatic rings. The van der Waals surface area contributed by atoms with Crippen LogP contribution in [-0.2, 0) is 6.54 Å². The molecule has 0 bridgehead atoms. The number of hydrogen-bond donors (Lipinski definition) is 1. The summed E-state index contributed by atoms with van der Waals surface area (Å²) in [4.78, 5) is 13.5. The minimum Gasteiger partial charge on any atom is -0.478 e. The molecule has 1 fully saturated rings. The fourth-order valence-electron chi connectivity index (χ4n) is 2.66. The molecule has 3 nitrogen and oxygen atoms in total. The van der Waals surface area contributed by atoms with Gasteiger partial charge in [-0.2, -0.15) is 0 Å². The van der Waals surface area contributed by atoms with E-state index in [0.29, 0.717) is 11.5 Å². The number of benzene rings is 1. The first-order chi connectivity index (χ1) is 8.58. The molecule has 0 spiro atoms. The number of hydrogen-bond acceptors (Lipinski definition) is 2. The van der Waals surface area contributed by atoms with Crippen molar-refractivity contribution in [2.45, 2.75) is 26.8 Å². The summed E-state index contributed by atoms with van der Waals surface area (Å²) in [5.74, 6) is 0.636. The summed E-state index contributed by atoms with van der Waals surface area (Å²) in [5.41, 5.74) is 1.36. The van der Waals surface area contributed by atoms with Gasteiger partial charge in [-0.3, -0.25) is 4.90 Å². The highest BCUT2D eigenvalue weighted by molar-refractivity contribution is 5.89. The first kappa shape index (κ1) is 13.1. The van der Waals surface area contributed by atoms with E-state index >= 15 is 0 Å². The highest BCUT2D eigenvalue weighted by Gasteiger charge is 2.25. The molecule has 18 heavy (non-hydrogen) atoms. The average Bonchev–Trinajstić information content (AvgIpc) is 2.78. The van der Waals surface area contributed by atoms with Gasteiger partial charge >= 0.3 is 5.97 Å². The molecule has 1 aliphatic heterocycles. The molecule has 1 heterocycles. The number of nitrogens with zero attached hydrogens (tertiary/aromatic N) is 1. The standard InChI is InChI=1S/C15H21NO2/c1-11(2)12-7-8-16(9-12)10-13-5-3-4-6-14(13)15(17)18/h3-6,11-12H,7-10H2,1-2H3,(H,17,18). The summed E-state index contributed by atoms with van der Waals surface area (Å²) in [6, 6.07) is 7.31. The molecular weight excluding hydrogens is 226 g/mol. The van der Waals surface area contributed by atoms with Crippen molar-refractivity contribution in [2.24, 2.45) is 11.8 Å². The van der Waals surface area contributed by atoms with E-state index in [0.717, 1.165) is 31.1 Å². The zero-order valence-corrected chi connectivity index (χ0v) is 11.1. The molecule has 98 valence electrons. The Bertz CT molecular complexity index is 428. The Balaban J connectivity index is 2.05. The zero-order chi connectivity index (χ0) is 13.1. The van der Waals surface area contributed by atoms with Gasteiger partial charge in [0, 0.05) is 13.1 Å². The van der Waals surface area contributed by atoms with E-state index in [1.54, 1.807) is 12.1 Å². The lowest BCUT2D eigenvalue weighted by Crippen LogP contribution is -2.22. The van der Waals surface area contributed by atoms with Crippen LogP contribution in [0.3, 0.4) is 0 Å². The molecule has 1 unspecified atom stereocenters.